The van der Waals surface area contributed by atoms with Crippen molar-refractivity contribution in [2.45, 2.75) is 41.0 Å². The number of aryl methyl sites for hydroxylation is 2. The third kappa shape index (κ3) is 3.09. The summed E-state index contributed by atoms with van der Waals surface area (Å²) in [5, 5.41) is 0. The molecule has 1 aromatic heterocycles. The highest BCUT2D eigenvalue weighted by Crippen LogP contribution is 2.24. The monoisotopic (exact) mass is 268 g/mol. The lowest BCUT2D eigenvalue weighted by molar-refractivity contribution is -0.669. The van der Waals surface area contributed by atoms with Crippen LogP contribution in [0.25, 0.3) is 11.3 Å². The third-order valence-electron chi connectivity index (χ3n) is 3.83. The van der Waals surface area contributed by atoms with Gasteiger partial charge in [-0.05, 0) is 37.0 Å². The Bertz CT molecular complexity index is 618. The van der Waals surface area contributed by atoms with Gasteiger partial charge in [0, 0.05) is 23.6 Å². The van der Waals surface area contributed by atoms with Crippen molar-refractivity contribution in [3.8, 4) is 11.3 Å². The molecular formula is C19H26N+. The largest absolute Gasteiger partial charge is 0.212 e. The number of aromatic nitrogens is 1. The highest BCUT2D eigenvalue weighted by molar-refractivity contribution is 5.60. The van der Waals surface area contributed by atoms with Crippen LogP contribution in [0.5, 0.6) is 0 Å². The summed E-state index contributed by atoms with van der Waals surface area (Å²) >= 11 is 0. The molecule has 0 atom stereocenters. The molecule has 2 rings (SSSR count). The van der Waals surface area contributed by atoms with Gasteiger partial charge in [-0.3, -0.25) is 0 Å². The van der Waals surface area contributed by atoms with Crippen LogP contribution in [0.1, 0.15) is 37.6 Å². The minimum atomic E-state index is 0.298. The second-order valence-electron chi connectivity index (χ2n) is 6.96. The molecule has 20 heavy (non-hydrogen) atoms. The fraction of sp³-hybridized carbons (Fsp3) is 0.421. The predicted octanol–water partition coefficient (Wildman–Crippen LogP) is 4.38. The Morgan fingerprint density at radius 2 is 1.55 bits per heavy atom. The van der Waals surface area contributed by atoms with Crippen LogP contribution >= 0.6 is 0 Å². The Labute approximate surface area is 123 Å². The minimum Gasteiger partial charge on any atom is -0.198 e. The molecule has 0 unspecified atom stereocenters. The summed E-state index contributed by atoms with van der Waals surface area (Å²) in [7, 11) is 2.19. The third-order valence-corrected chi connectivity index (χ3v) is 3.83. The van der Waals surface area contributed by atoms with Crippen LogP contribution in [0.3, 0.4) is 0 Å². The number of hydrogen-bond donors (Lipinski definition) is 0. The first-order valence-corrected chi connectivity index (χ1v) is 7.34. The molecule has 1 heterocycles. The van der Waals surface area contributed by atoms with Gasteiger partial charge in [0.15, 0.2) is 5.69 Å². The average molecular weight is 268 g/mol. The highest BCUT2D eigenvalue weighted by Gasteiger charge is 2.23. The maximum Gasteiger partial charge on any atom is 0.212 e. The maximum absolute atomic E-state index is 2.36. The molecule has 1 nitrogen and oxygen atoms in total. The van der Waals surface area contributed by atoms with Crippen LogP contribution in [0.15, 0.2) is 36.4 Å². The molecule has 2 aromatic rings. The van der Waals surface area contributed by atoms with Crippen molar-refractivity contribution < 1.29 is 4.57 Å². The molecule has 0 saturated carbocycles. The molecule has 0 aliphatic carbocycles. The molecule has 0 spiro atoms. The molecule has 0 aliphatic heterocycles. The van der Waals surface area contributed by atoms with E-state index in [1.54, 1.807) is 0 Å². The van der Waals surface area contributed by atoms with Gasteiger partial charge in [-0.25, -0.2) is 0 Å². The van der Waals surface area contributed by atoms with Crippen LogP contribution in [-0.4, -0.2) is 0 Å². The summed E-state index contributed by atoms with van der Waals surface area (Å²) in [6.45, 7) is 11.3. The average Bonchev–Trinajstić information content (AvgIpc) is 2.35. The van der Waals surface area contributed by atoms with Gasteiger partial charge in [-0.2, -0.15) is 4.57 Å². The van der Waals surface area contributed by atoms with Gasteiger partial charge in [-0.1, -0.05) is 39.0 Å². The Hall–Kier alpha value is -1.63. The molecule has 1 aromatic carbocycles. The van der Waals surface area contributed by atoms with E-state index >= 15 is 0 Å². The molecule has 0 N–H and O–H groups in total. The van der Waals surface area contributed by atoms with Crippen LogP contribution in [0.2, 0.25) is 0 Å². The smallest absolute Gasteiger partial charge is 0.198 e. The van der Waals surface area contributed by atoms with Gasteiger partial charge in [0.05, 0.1) is 0 Å². The van der Waals surface area contributed by atoms with Crippen LogP contribution in [-0.2, 0) is 13.5 Å². The number of benzene rings is 1. The van der Waals surface area contributed by atoms with Crippen LogP contribution < -0.4 is 4.57 Å². The Balaban J connectivity index is 2.58. The van der Waals surface area contributed by atoms with Crippen molar-refractivity contribution in [2.24, 2.45) is 12.5 Å². The normalized spacial score (nSPS) is 11.7. The van der Waals surface area contributed by atoms with Crippen molar-refractivity contribution in [2.75, 3.05) is 0 Å². The van der Waals surface area contributed by atoms with Crippen LogP contribution in [0, 0.1) is 19.3 Å². The summed E-state index contributed by atoms with van der Waals surface area (Å²) in [5.74, 6) is 0. The summed E-state index contributed by atoms with van der Waals surface area (Å²) in [4.78, 5) is 0. The Kier molecular flexibility index (Phi) is 3.99. The van der Waals surface area contributed by atoms with E-state index in [9.17, 15) is 0 Å². The fourth-order valence-electron chi connectivity index (χ4n) is 2.71. The number of pyridine rings is 1. The Morgan fingerprint density at radius 1 is 0.900 bits per heavy atom. The zero-order valence-electron chi connectivity index (χ0n) is 13.6. The summed E-state index contributed by atoms with van der Waals surface area (Å²) in [6, 6.07) is 13.1. The number of rotatable bonds is 2. The lowest BCUT2D eigenvalue weighted by Crippen LogP contribution is -2.39. The number of hydrogen-bond acceptors (Lipinski definition) is 0. The number of nitrogens with zero attached hydrogens (tertiary/aromatic N) is 1. The van der Waals surface area contributed by atoms with Crippen molar-refractivity contribution in [3.63, 3.8) is 0 Å². The quantitative estimate of drug-likeness (QED) is 0.711. The van der Waals surface area contributed by atoms with E-state index in [0.717, 1.165) is 6.42 Å². The zero-order chi connectivity index (χ0) is 14.9. The van der Waals surface area contributed by atoms with Crippen LogP contribution in [0.4, 0.5) is 0 Å². The minimum absolute atomic E-state index is 0.298. The van der Waals surface area contributed by atoms with E-state index in [0.29, 0.717) is 5.41 Å². The highest BCUT2D eigenvalue weighted by atomic mass is 14.9. The SMILES string of the molecule is Cc1ccccc1-c1ccc(C)c(CC(C)(C)C)[n+]1C. The van der Waals surface area contributed by atoms with E-state index in [2.05, 4.69) is 82.6 Å². The van der Waals surface area contributed by atoms with Crippen molar-refractivity contribution >= 4 is 0 Å². The molecular weight excluding hydrogens is 242 g/mol. The van der Waals surface area contributed by atoms with Crippen molar-refractivity contribution in [3.05, 3.63) is 53.2 Å². The first-order valence-electron chi connectivity index (χ1n) is 7.34. The molecule has 0 bridgehead atoms. The van der Waals surface area contributed by atoms with Gasteiger partial charge in [0.25, 0.3) is 0 Å². The molecule has 0 aliphatic rings. The van der Waals surface area contributed by atoms with E-state index in [1.165, 1.54) is 28.1 Å². The van der Waals surface area contributed by atoms with Gasteiger partial charge in [-0.15, -0.1) is 0 Å². The van der Waals surface area contributed by atoms with Gasteiger partial charge in [0.1, 0.15) is 7.05 Å². The predicted molar refractivity (Wildman–Crippen MR) is 85.7 cm³/mol. The lowest BCUT2D eigenvalue weighted by atomic mass is 9.88. The zero-order valence-corrected chi connectivity index (χ0v) is 13.6. The second kappa shape index (κ2) is 5.40. The van der Waals surface area contributed by atoms with E-state index in [-0.39, 0.29) is 0 Å². The lowest BCUT2D eigenvalue weighted by Gasteiger charge is -2.18. The topological polar surface area (TPSA) is 3.88 Å². The summed E-state index contributed by atoms with van der Waals surface area (Å²) in [5.41, 5.74) is 7.05. The van der Waals surface area contributed by atoms with Crippen molar-refractivity contribution in [1.82, 2.24) is 0 Å². The standard InChI is InChI=1S/C19H26N/c1-14-9-7-8-10-16(14)17-12-11-15(2)18(20(17)6)13-19(3,4)5/h7-12H,13H2,1-6H3/q+1. The second-order valence-corrected chi connectivity index (χ2v) is 6.96. The maximum atomic E-state index is 2.36. The van der Waals surface area contributed by atoms with E-state index in [1.807, 2.05) is 0 Å². The Morgan fingerprint density at radius 3 is 2.15 bits per heavy atom. The van der Waals surface area contributed by atoms with E-state index < -0.39 is 0 Å². The summed E-state index contributed by atoms with van der Waals surface area (Å²) in [6.07, 6.45) is 1.09. The molecule has 0 radical (unpaired) electrons. The molecule has 0 amide bonds. The van der Waals surface area contributed by atoms with Gasteiger partial charge < -0.3 is 0 Å². The first kappa shape index (κ1) is 14.8. The molecule has 0 saturated heterocycles. The van der Waals surface area contributed by atoms with Gasteiger partial charge in [0.2, 0.25) is 5.69 Å². The first-order chi connectivity index (χ1) is 9.29. The summed E-state index contributed by atoms with van der Waals surface area (Å²) < 4.78 is 2.36. The molecule has 0 fully saturated rings. The van der Waals surface area contributed by atoms with Crippen molar-refractivity contribution in [1.29, 1.82) is 0 Å². The van der Waals surface area contributed by atoms with E-state index in [4.69, 9.17) is 0 Å². The fourth-order valence-corrected chi connectivity index (χ4v) is 2.71. The van der Waals surface area contributed by atoms with Gasteiger partial charge >= 0.3 is 0 Å². The molecule has 1 heteroatoms. The molecule has 106 valence electrons.